The van der Waals surface area contributed by atoms with E-state index in [1.54, 1.807) is 24.3 Å². The molecule has 0 aliphatic carbocycles. The summed E-state index contributed by atoms with van der Waals surface area (Å²) in [5, 5.41) is 21.5. The van der Waals surface area contributed by atoms with Crippen molar-refractivity contribution in [2.75, 3.05) is 11.9 Å². The topological polar surface area (TPSA) is 96.5 Å². The molecule has 0 aliphatic rings. The first-order valence-electron chi connectivity index (χ1n) is 7.39. The van der Waals surface area contributed by atoms with Crippen LogP contribution in [0.2, 0.25) is 0 Å². The molecule has 25 heavy (non-hydrogen) atoms. The quantitative estimate of drug-likeness (QED) is 0.504. The standard InChI is InChI=1S/C16H14N6OS2/c1-2-8-18-15-20-21-16(25-15)24-10-13-19-12-6-4-3-5-11(12)14(23)22(13)9-7-17/h2-6H,1,8-10H2,(H,18,20). The second kappa shape index (κ2) is 7.92. The Hall–Kier alpha value is -2.70. The Morgan fingerprint density at radius 1 is 1.40 bits per heavy atom. The first-order valence-corrected chi connectivity index (χ1v) is 9.19. The van der Waals surface area contributed by atoms with Crippen LogP contribution in [0.5, 0.6) is 0 Å². The van der Waals surface area contributed by atoms with Gasteiger partial charge in [0.05, 0.1) is 22.7 Å². The van der Waals surface area contributed by atoms with Gasteiger partial charge in [-0.2, -0.15) is 5.26 Å². The summed E-state index contributed by atoms with van der Waals surface area (Å²) < 4.78 is 2.17. The number of hydrogen-bond donors (Lipinski definition) is 1. The number of para-hydroxylation sites is 1. The van der Waals surface area contributed by atoms with Gasteiger partial charge in [0, 0.05) is 6.54 Å². The van der Waals surface area contributed by atoms with Gasteiger partial charge in [0.1, 0.15) is 12.4 Å². The third-order valence-corrected chi connectivity index (χ3v) is 5.31. The van der Waals surface area contributed by atoms with Gasteiger partial charge in [0.25, 0.3) is 5.56 Å². The van der Waals surface area contributed by atoms with Crippen LogP contribution in [0.15, 0.2) is 46.1 Å². The summed E-state index contributed by atoms with van der Waals surface area (Å²) in [7, 11) is 0. The largest absolute Gasteiger partial charge is 0.357 e. The second-order valence-corrected chi connectivity index (χ2v) is 7.13. The van der Waals surface area contributed by atoms with Crippen LogP contribution >= 0.6 is 23.1 Å². The summed E-state index contributed by atoms with van der Waals surface area (Å²) in [5.74, 6) is 0.976. The highest BCUT2D eigenvalue weighted by Crippen LogP contribution is 2.27. The summed E-state index contributed by atoms with van der Waals surface area (Å²) in [6, 6.07) is 9.16. The minimum absolute atomic E-state index is 0.0329. The molecule has 0 atom stereocenters. The van der Waals surface area contributed by atoms with Gasteiger partial charge >= 0.3 is 0 Å². The molecule has 2 aromatic heterocycles. The van der Waals surface area contributed by atoms with Gasteiger partial charge < -0.3 is 5.32 Å². The van der Waals surface area contributed by atoms with Crippen molar-refractivity contribution in [3.05, 3.63) is 53.1 Å². The van der Waals surface area contributed by atoms with Gasteiger partial charge in [0.2, 0.25) is 5.13 Å². The number of nitriles is 1. The highest BCUT2D eigenvalue weighted by molar-refractivity contribution is 8.00. The number of hydrogen-bond acceptors (Lipinski definition) is 8. The molecule has 0 fully saturated rings. The molecule has 7 nitrogen and oxygen atoms in total. The highest BCUT2D eigenvalue weighted by Gasteiger charge is 2.12. The molecule has 126 valence electrons. The summed E-state index contributed by atoms with van der Waals surface area (Å²) in [4.78, 5) is 17.1. The number of fused-ring (bicyclic) bond motifs is 1. The van der Waals surface area contributed by atoms with Crippen molar-refractivity contribution in [2.45, 2.75) is 16.6 Å². The van der Waals surface area contributed by atoms with E-state index in [0.717, 1.165) is 4.34 Å². The zero-order valence-electron chi connectivity index (χ0n) is 13.2. The lowest BCUT2D eigenvalue weighted by Gasteiger charge is -2.09. The van der Waals surface area contributed by atoms with Crippen LogP contribution in [-0.4, -0.2) is 26.3 Å². The maximum atomic E-state index is 12.6. The lowest BCUT2D eigenvalue weighted by Crippen LogP contribution is -2.24. The van der Waals surface area contributed by atoms with Crippen LogP contribution < -0.4 is 10.9 Å². The van der Waals surface area contributed by atoms with E-state index in [9.17, 15) is 4.79 Å². The molecule has 0 saturated carbocycles. The molecule has 0 radical (unpaired) electrons. The van der Waals surface area contributed by atoms with Gasteiger partial charge in [0.15, 0.2) is 4.34 Å². The SMILES string of the molecule is C=CCNc1nnc(SCc2nc3ccccc3c(=O)n2CC#N)s1. The van der Waals surface area contributed by atoms with Crippen molar-refractivity contribution in [1.29, 1.82) is 5.26 Å². The molecule has 9 heteroatoms. The van der Waals surface area contributed by atoms with Gasteiger partial charge in [-0.1, -0.05) is 41.3 Å². The number of rotatable bonds is 7. The average molecular weight is 370 g/mol. The number of anilines is 1. The summed E-state index contributed by atoms with van der Waals surface area (Å²) in [6.45, 7) is 4.23. The van der Waals surface area contributed by atoms with E-state index in [1.165, 1.54) is 27.7 Å². The predicted octanol–water partition coefficient (Wildman–Crippen LogP) is 2.66. The molecular formula is C16H14N6OS2. The van der Waals surface area contributed by atoms with Gasteiger partial charge in [-0.05, 0) is 12.1 Å². The molecule has 1 aromatic carbocycles. The maximum absolute atomic E-state index is 12.6. The Balaban J connectivity index is 1.86. The minimum Gasteiger partial charge on any atom is -0.357 e. The number of nitrogens with one attached hydrogen (secondary N) is 1. The van der Waals surface area contributed by atoms with E-state index in [2.05, 4.69) is 27.1 Å². The lowest BCUT2D eigenvalue weighted by atomic mass is 10.2. The van der Waals surface area contributed by atoms with Crippen LogP contribution in [0.3, 0.4) is 0 Å². The van der Waals surface area contributed by atoms with Gasteiger partial charge in [-0.15, -0.1) is 16.8 Å². The zero-order chi connectivity index (χ0) is 17.6. The van der Waals surface area contributed by atoms with E-state index < -0.39 is 0 Å². The van der Waals surface area contributed by atoms with E-state index in [1.807, 2.05) is 12.1 Å². The fraction of sp³-hybridized carbons (Fsp3) is 0.188. The molecular weight excluding hydrogens is 356 g/mol. The molecule has 0 bridgehead atoms. The number of benzene rings is 1. The molecule has 0 aliphatic heterocycles. The van der Waals surface area contributed by atoms with Crippen LogP contribution in [0.25, 0.3) is 10.9 Å². The summed E-state index contributed by atoms with van der Waals surface area (Å²) in [5.41, 5.74) is 0.427. The molecule has 1 N–H and O–H groups in total. The zero-order valence-corrected chi connectivity index (χ0v) is 14.8. The number of aromatic nitrogens is 4. The predicted molar refractivity (Wildman–Crippen MR) is 99.8 cm³/mol. The second-order valence-electron chi connectivity index (χ2n) is 4.93. The smallest absolute Gasteiger partial charge is 0.262 e. The van der Waals surface area contributed by atoms with Crippen molar-refractivity contribution in [2.24, 2.45) is 0 Å². The van der Waals surface area contributed by atoms with E-state index >= 15 is 0 Å². The molecule has 3 aromatic rings. The van der Waals surface area contributed by atoms with Gasteiger partial charge in [-0.25, -0.2) is 4.98 Å². The highest BCUT2D eigenvalue weighted by atomic mass is 32.2. The van der Waals surface area contributed by atoms with Crippen LogP contribution in [-0.2, 0) is 12.3 Å². The van der Waals surface area contributed by atoms with Crippen LogP contribution in [0.4, 0.5) is 5.13 Å². The van der Waals surface area contributed by atoms with Gasteiger partial charge in [-0.3, -0.25) is 9.36 Å². The Labute approximate surface area is 152 Å². The van der Waals surface area contributed by atoms with Crippen molar-refractivity contribution in [3.8, 4) is 6.07 Å². The number of thioether (sulfide) groups is 1. The van der Waals surface area contributed by atoms with Crippen molar-refractivity contribution in [3.63, 3.8) is 0 Å². The summed E-state index contributed by atoms with van der Waals surface area (Å²) in [6.07, 6.45) is 1.74. The van der Waals surface area contributed by atoms with E-state index in [4.69, 9.17) is 5.26 Å². The molecule has 0 amide bonds. The molecule has 2 heterocycles. The minimum atomic E-state index is -0.201. The normalized spacial score (nSPS) is 10.5. The molecule has 0 unspecified atom stereocenters. The Morgan fingerprint density at radius 2 is 2.24 bits per heavy atom. The maximum Gasteiger partial charge on any atom is 0.262 e. The Morgan fingerprint density at radius 3 is 3.04 bits per heavy atom. The molecule has 0 spiro atoms. The first-order chi connectivity index (χ1) is 12.2. The molecule has 0 saturated heterocycles. The lowest BCUT2D eigenvalue weighted by molar-refractivity contribution is 0.730. The Kier molecular flexibility index (Phi) is 5.42. The summed E-state index contributed by atoms with van der Waals surface area (Å²) >= 11 is 2.85. The first kappa shape index (κ1) is 17.1. The van der Waals surface area contributed by atoms with E-state index in [-0.39, 0.29) is 12.1 Å². The average Bonchev–Trinajstić information content (AvgIpc) is 3.09. The third kappa shape index (κ3) is 3.87. The third-order valence-electron chi connectivity index (χ3n) is 3.30. The molecule has 3 rings (SSSR count). The van der Waals surface area contributed by atoms with Crippen LogP contribution in [0, 0.1) is 11.3 Å². The Bertz CT molecular complexity index is 1000. The fourth-order valence-electron chi connectivity index (χ4n) is 2.18. The van der Waals surface area contributed by atoms with Crippen LogP contribution in [0.1, 0.15) is 5.82 Å². The van der Waals surface area contributed by atoms with Crippen molar-refractivity contribution < 1.29 is 0 Å². The van der Waals surface area contributed by atoms with Crippen molar-refractivity contribution in [1.82, 2.24) is 19.7 Å². The number of nitrogens with zero attached hydrogens (tertiary/aromatic N) is 5. The fourth-order valence-corrected chi connectivity index (χ4v) is 3.89. The monoisotopic (exact) mass is 370 g/mol. The van der Waals surface area contributed by atoms with E-state index in [0.29, 0.717) is 34.2 Å². The van der Waals surface area contributed by atoms with Crippen molar-refractivity contribution >= 4 is 39.1 Å².